The molecule has 0 unspecified atom stereocenters. The average molecular weight is 137 g/mol. The largest absolute Gasteiger partial charge is 0.388 e. The molecule has 0 aliphatic rings. The van der Waals surface area contributed by atoms with Crippen molar-refractivity contribution in [3.05, 3.63) is 36.1 Å². The number of rotatable bonds is 3. The Morgan fingerprint density at radius 2 is 1.90 bits per heavy atom. The molecule has 0 saturated carbocycles. The van der Waals surface area contributed by atoms with Crippen molar-refractivity contribution in [3.8, 4) is 0 Å². The second kappa shape index (κ2) is 4.86. The maximum absolute atomic E-state index is 3.65. The highest BCUT2D eigenvalue weighted by molar-refractivity contribution is 5.21. The van der Waals surface area contributed by atoms with Crippen molar-refractivity contribution < 1.29 is 0 Å². The Morgan fingerprint density at radius 3 is 2.20 bits per heavy atom. The molecule has 0 aliphatic heterocycles. The Kier molecular flexibility index (Phi) is 4.38. The summed E-state index contributed by atoms with van der Waals surface area (Å²) in [6, 6.07) is 0. The smallest absolute Gasteiger partial charge is 0.0331 e. The van der Waals surface area contributed by atoms with Gasteiger partial charge in [-0.05, 0) is 26.0 Å². The molecule has 56 valence electrons. The molecule has 0 aromatic rings. The van der Waals surface area contributed by atoms with E-state index in [0.29, 0.717) is 0 Å². The first-order valence-corrected chi connectivity index (χ1v) is 3.36. The van der Waals surface area contributed by atoms with Crippen molar-refractivity contribution in [3.63, 3.8) is 0 Å². The fourth-order valence-corrected chi connectivity index (χ4v) is 0.510. The summed E-state index contributed by atoms with van der Waals surface area (Å²) in [6.45, 7) is 7.77. The topological polar surface area (TPSA) is 12.0 Å². The number of likely N-dealkylation sites (N-methyl/N-ethyl adjacent to an activating group) is 1. The maximum Gasteiger partial charge on any atom is 0.0331 e. The van der Waals surface area contributed by atoms with Gasteiger partial charge in [-0.25, -0.2) is 0 Å². The Morgan fingerprint density at radius 1 is 1.30 bits per heavy atom. The summed E-state index contributed by atoms with van der Waals surface area (Å²) in [5, 5.41) is 3.01. The summed E-state index contributed by atoms with van der Waals surface area (Å²) in [5.74, 6) is 0. The van der Waals surface area contributed by atoms with Crippen LogP contribution in [0.25, 0.3) is 0 Å². The summed E-state index contributed by atoms with van der Waals surface area (Å²) < 4.78 is 0. The van der Waals surface area contributed by atoms with Crippen molar-refractivity contribution in [1.82, 2.24) is 5.32 Å². The molecular formula is C9H15N. The van der Waals surface area contributed by atoms with E-state index in [-0.39, 0.29) is 0 Å². The van der Waals surface area contributed by atoms with Crippen LogP contribution in [0.3, 0.4) is 0 Å². The van der Waals surface area contributed by atoms with Gasteiger partial charge in [0.05, 0.1) is 0 Å². The van der Waals surface area contributed by atoms with Gasteiger partial charge in [0.25, 0.3) is 0 Å². The van der Waals surface area contributed by atoms with Gasteiger partial charge in [0.15, 0.2) is 0 Å². The van der Waals surface area contributed by atoms with Crippen molar-refractivity contribution in [2.75, 3.05) is 7.05 Å². The standard InChI is InChI=1S/C9H15N/c1-5-9(10-4)7-6-8(2)3/h5-7,10H,1H2,2-4H3/b9-7+. The third kappa shape index (κ3) is 3.96. The number of allylic oxidation sites excluding steroid dienone is 4. The van der Waals surface area contributed by atoms with E-state index < -0.39 is 0 Å². The van der Waals surface area contributed by atoms with E-state index in [4.69, 9.17) is 0 Å². The molecule has 10 heavy (non-hydrogen) atoms. The monoisotopic (exact) mass is 137 g/mol. The molecule has 1 N–H and O–H groups in total. The molecule has 0 aromatic carbocycles. The minimum absolute atomic E-state index is 1.04. The van der Waals surface area contributed by atoms with Crippen LogP contribution in [0.2, 0.25) is 0 Å². The summed E-state index contributed by atoms with van der Waals surface area (Å²) in [6.07, 6.45) is 5.84. The van der Waals surface area contributed by atoms with E-state index >= 15 is 0 Å². The molecule has 0 amide bonds. The molecule has 0 rings (SSSR count). The lowest BCUT2D eigenvalue weighted by Gasteiger charge is -1.96. The summed E-state index contributed by atoms with van der Waals surface area (Å²) in [5.41, 5.74) is 2.33. The van der Waals surface area contributed by atoms with Gasteiger partial charge in [-0.1, -0.05) is 18.2 Å². The van der Waals surface area contributed by atoms with Gasteiger partial charge >= 0.3 is 0 Å². The maximum atomic E-state index is 3.65. The number of hydrogen-bond donors (Lipinski definition) is 1. The van der Waals surface area contributed by atoms with Gasteiger partial charge in [-0.3, -0.25) is 0 Å². The molecule has 0 heterocycles. The lowest BCUT2D eigenvalue weighted by molar-refractivity contribution is 1.03. The van der Waals surface area contributed by atoms with Gasteiger partial charge in [-0.15, -0.1) is 0 Å². The fourth-order valence-electron chi connectivity index (χ4n) is 0.510. The molecule has 0 aliphatic carbocycles. The van der Waals surface area contributed by atoms with E-state index in [1.165, 1.54) is 5.57 Å². The Bertz CT molecular complexity index is 160. The zero-order valence-corrected chi connectivity index (χ0v) is 6.94. The normalized spacial score (nSPS) is 10.5. The molecule has 1 nitrogen and oxygen atoms in total. The van der Waals surface area contributed by atoms with Crippen molar-refractivity contribution in [2.45, 2.75) is 13.8 Å². The average Bonchev–Trinajstić information content (AvgIpc) is 1.90. The number of hydrogen-bond acceptors (Lipinski definition) is 1. The molecular weight excluding hydrogens is 122 g/mol. The minimum atomic E-state index is 1.04. The number of nitrogens with one attached hydrogen (secondary N) is 1. The first kappa shape index (κ1) is 9.02. The molecule has 1 heteroatoms. The van der Waals surface area contributed by atoms with Crippen LogP contribution in [-0.2, 0) is 0 Å². The van der Waals surface area contributed by atoms with E-state index in [1.54, 1.807) is 6.08 Å². The zero-order valence-electron chi connectivity index (χ0n) is 6.94. The summed E-state index contributed by atoms with van der Waals surface area (Å²) in [7, 11) is 1.88. The Balaban J connectivity index is 4.12. The second-order valence-electron chi connectivity index (χ2n) is 2.32. The highest BCUT2D eigenvalue weighted by atomic mass is 14.8. The molecule has 0 fully saturated rings. The van der Waals surface area contributed by atoms with Crippen molar-refractivity contribution >= 4 is 0 Å². The zero-order chi connectivity index (χ0) is 7.98. The predicted molar refractivity (Wildman–Crippen MR) is 46.8 cm³/mol. The SMILES string of the molecule is C=C/C(=C\C=C(C)C)NC. The van der Waals surface area contributed by atoms with Crippen LogP contribution in [0.4, 0.5) is 0 Å². The van der Waals surface area contributed by atoms with Gasteiger partial charge < -0.3 is 5.32 Å². The first-order chi connectivity index (χ1) is 4.70. The lowest BCUT2D eigenvalue weighted by Crippen LogP contribution is -2.01. The molecule has 0 spiro atoms. The molecule has 0 atom stereocenters. The third-order valence-corrected chi connectivity index (χ3v) is 1.10. The predicted octanol–water partition coefficient (Wildman–Crippen LogP) is 2.24. The van der Waals surface area contributed by atoms with Crippen LogP contribution >= 0.6 is 0 Å². The molecule has 0 saturated heterocycles. The van der Waals surface area contributed by atoms with Gasteiger partial charge in [0.2, 0.25) is 0 Å². The van der Waals surface area contributed by atoms with Crippen LogP contribution in [0, 0.1) is 0 Å². The van der Waals surface area contributed by atoms with Crippen molar-refractivity contribution in [2.24, 2.45) is 0 Å². The molecule has 0 aromatic heterocycles. The summed E-state index contributed by atoms with van der Waals surface area (Å²) in [4.78, 5) is 0. The van der Waals surface area contributed by atoms with Gasteiger partial charge in [0.1, 0.15) is 0 Å². The van der Waals surface area contributed by atoms with Crippen LogP contribution in [0.15, 0.2) is 36.1 Å². The van der Waals surface area contributed by atoms with Crippen LogP contribution in [0.1, 0.15) is 13.8 Å². The van der Waals surface area contributed by atoms with E-state index in [9.17, 15) is 0 Å². The Hall–Kier alpha value is -0.980. The fraction of sp³-hybridized carbons (Fsp3) is 0.333. The van der Waals surface area contributed by atoms with Crippen molar-refractivity contribution in [1.29, 1.82) is 0 Å². The molecule has 0 bridgehead atoms. The van der Waals surface area contributed by atoms with E-state index in [0.717, 1.165) is 5.70 Å². The summed E-state index contributed by atoms with van der Waals surface area (Å²) >= 11 is 0. The van der Waals surface area contributed by atoms with Gasteiger partial charge in [-0.2, -0.15) is 0 Å². The lowest BCUT2D eigenvalue weighted by atomic mass is 10.3. The van der Waals surface area contributed by atoms with E-state index in [1.807, 2.05) is 19.2 Å². The highest BCUT2D eigenvalue weighted by Crippen LogP contribution is 1.93. The van der Waals surface area contributed by atoms with Crippen LogP contribution < -0.4 is 5.32 Å². The van der Waals surface area contributed by atoms with Crippen LogP contribution in [-0.4, -0.2) is 7.05 Å². The van der Waals surface area contributed by atoms with Gasteiger partial charge in [0, 0.05) is 12.7 Å². The quantitative estimate of drug-likeness (QED) is 0.588. The minimum Gasteiger partial charge on any atom is -0.388 e. The van der Waals surface area contributed by atoms with E-state index in [2.05, 4.69) is 25.7 Å². The second-order valence-corrected chi connectivity index (χ2v) is 2.32. The first-order valence-electron chi connectivity index (χ1n) is 3.36. The highest BCUT2D eigenvalue weighted by Gasteiger charge is 1.79. The Labute approximate surface area is 63.1 Å². The molecule has 0 radical (unpaired) electrons. The third-order valence-electron chi connectivity index (χ3n) is 1.10. The van der Waals surface area contributed by atoms with Crippen LogP contribution in [0.5, 0.6) is 0 Å².